The first kappa shape index (κ1) is 12.2. The van der Waals surface area contributed by atoms with Gasteiger partial charge >= 0.3 is 5.97 Å². The molecule has 3 nitrogen and oxygen atoms in total. The molecular weight excluding hydrogens is 228 g/mol. The van der Waals surface area contributed by atoms with Crippen LogP contribution in [0, 0.1) is 0 Å². The molecule has 0 aliphatic rings. The second kappa shape index (κ2) is 4.92. The smallest absolute Gasteiger partial charge is 0.338 e. The molecule has 0 aliphatic carbocycles. The fourth-order valence-electron chi connectivity index (χ4n) is 1.71. The van der Waals surface area contributed by atoms with Crippen molar-refractivity contribution in [3.63, 3.8) is 0 Å². The summed E-state index contributed by atoms with van der Waals surface area (Å²) < 4.78 is 10.6. The van der Waals surface area contributed by atoms with E-state index in [1.165, 1.54) is 0 Å². The van der Waals surface area contributed by atoms with E-state index in [0.717, 1.165) is 16.5 Å². The molecule has 0 saturated heterocycles. The van der Waals surface area contributed by atoms with Crippen LogP contribution in [-0.2, 0) is 4.79 Å². The van der Waals surface area contributed by atoms with Gasteiger partial charge in [0.15, 0.2) is 0 Å². The Balaban J connectivity index is 2.52. The van der Waals surface area contributed by atoms with Crippen LogP contribution in [0.5, 0.6) is 11.5 Å². The van der Waals surface area contributed by atoms with Gasteiger partial charge in [-0.2, -0.15) is 0 Å². The Morgan fingerprint density at radius 2 is 1.61 bits per heavy atom. The molecule has 0 unspecified atom stereocenters. The van der Waals surface area contributed by atoms with E-state index in [1.54, 1.807) is 20.1 Å². The van der Waals surface area contributed by atoms with Crippen LogP contribution in [0.25, 0.3) is 10.8 Å². The topological polar surface area (TPSA) is 35.5 Å². The monoisotopic (exact) mass is 242 g/mol. The molecule has 0 atom stereocenters. The SMILES string of the molecule is C=C(C)C(=O)Oc1cccc2c(OC)cccc12. The number of hydrogen-bond donors (Lipinski definition) is 0. The summed E-state index contributed by atoms with van der Waals surface area (Å²) in [7, 11) is 1.61. The third-order valence-corrected chi connectivity index (χ3v) is 2.61. The van der Waals surface area contributed by atoms with Crippen molar-refractivity contribution in [3.8, 4) is 11.5 Å². The third kappa shape index (κ3) is 2.20. The molecule has 2 rings (SSSR count). The van der Waals surface area contributed by atoms with E-state index < -0.39 is 5.97 Å². The molecule has 0 amide bonds. The average Bonchev–Trinajstić information content (AvgIpc) is 2.38. The molecule has 0 heterocycles. The zero-order valence-corrected chi connectivity index (χ0v) is 10.4. The van der Waals surface area contributed by atoms with E-state index in [4.69, 9.17) is 9.47 Å². The lowest BCUT2D eigenvalue weighted by atomic mass is 10.1. The van der Waals surface area contributed by atoms with Crippen molar-refractivity contribution in [1.82, 2.24) is 0 Å². The lowest BCUT2D eigenvalue weighted by Crippen LogP contribution is -2.08. The van der Waals surface area contributed by atoms with E-state index in [2.05, 4.69) is 6.58 Å². The molecule has 0 spiro atoms. The van der Waals surface area contributed by atoms with Crippen LogP contribution < -0.4 is 9.47 Å². The van der Waals surface area contributed by atoms with E-state index in [9.17, 15) is 4.79 Å². The molecule has 18 heavy (non-hydrogen) atoms. The number of ether oxygens (including phenoxy) is 2. The van der Waals surface area contributed by atoms with Gasteiger partial charge in [-0.3, -0.25) is 0 Å². The fourth-order valence-corrected chi connectivity index (χ4v) is 1.71. The van der Waals surface area contributed by atoms with Gasteiger partial charge in [-0.15, -0.1) is 0 Å². The van der Waals surface area contributed by atoms with Crippen molar-refractivity contribution in [2.75, 3.05) is 7.11 Å². The van der Waals surface area contributed by atoms with Crippen LogP contribution in [-0.4, -0.2) is 13.1 Å². The first-order chi connectivity index (χ1) is 8.63. The van der Waals surface area contributed by atoms with Crippen LogP contribution in [0.15, 0.2) is 48.6 Å². The van der Waals surface area contributed by atoms with Crippen LogP contribution >= 0.6 is 0 Å². The molecule has 92 valence electrons. The maximum atomic E-state index is 11.6. The Labute approximate surface area is 106 Å². The highest BCUT2D eigenvalue weighted by Gasteiger charge is 2.10. The minimum atomic E-state index is -0.426. The van der Waals surface area contributed by atoms with Gasteiger partial charge in [-0.25, -0.2) is 4.79 Å². The van der Waals surface area contributed by atoms with Crippen molar-refractivity contribution in [2.24, 2.45) is 0 Å². The largest absolute Gasteiger partial charge is 0.496 e. The Morgan fingerprint density at radius 3 is 2.17 bits per heavy atom. The second-order valence-electron chi connectivity index (χ2n) is 3.98. The van der Waals surface area contributed by atoms with Gasteiger partial charge < -0.3 is 9.47 Å². The van der Waals surface area contributed by atoms with E-state index in [0.29, 0.717) is 11.3 Å². The van der Waals surface area contributed by atoms with Gasteiger partial charge in [0.25, 0.3) is 0 Å². The average molecular weight is 242 g/mol. The number of benzene rings is 2. The Kier molecular flexibility index (Phi) is 3.33. The molecule has 0 fully saturated rings. The summed E-state index contributed by atoms with van der Waals surface area (Å²) in [6.07, 6.45) is 0. The number of esters is 1. The lowest BCUT2D eigenvalue weighted by molar-refractivity contribution is -0.129. The molecule has 0 aliphatic heterocycles. The summed E-state index contributed by atoms with van der Waals surface area (Å²) in [5.74, 6) is 0.838. The van der Waals surface area contributed by atoms with Crippen LogP contribution in [0.4, 0.5) is 0 Å². The molecule has 0 radical (unpaired) electrons. The van der Waals surface area contributed by atoms with Crippen molar-refractivity contribution >= 4 is 16.7 Å². The van der Waals surface area contributed by atoms with E-state index >= 15 is 0 Å². The molecule has 0 saturated carbocycles. The number of rotatable bonds is 3. The standard InChI is InChI=1S/C15H14O3/c1-10(2)15(16)18-14-9-5-6-11-12(14)7-4-8-13(11)17-3/h4-9H,1H2,2-3H3. The highest BCUT2D eigenvalue weighted by Crippen LogP contribution is 2.32. The first-order valence-corrected chi connectivity index (χ1v) is 5.57. The second-order valence-corrected chi connectivity index (χ2v) is 3.98. The van der Waals surface area contributed by atoms with Gasteiger partial charge in [0.2, 0.25) is 0 Å². The molecule has 2 aromatic carbocycles. The van der Waals surface area contributed by atoms with E-state index in [-0.39, 0.29) is 0 Å². The molecule has 3 heteroatoms. The highest BCUT2D eigenvalue weighted by atomic mass is 16.5. The first-order valence-electron chi connectivity index (χ1n) is 5.57. The Bertz CT molecular complexity index is 614. The van der Waals surface area contributed by atoms with Crippen molar-refractivity contribution < 1.29 is 14.3 Å². The zero-order valence-electron chi connectivity index (χ0n) is 10.4. The van der Waals surface area contributed by atoms with E-state index in [1.807, 2.05) is 30.3 Å². The minimum Gasteiger partial charge on any atom is -0.496 e. The van der Waals surface area contributed by atoms with Gasteiger partial charge in [0, 0.05) is 16.3 Å². The van der Waals surface area contributed by atoms with Gasteiger partial charge in [-0.1, -0.05) is 30.8 Å². The van der Waals surface area contributed by atoms with Gasteiger partial charge in [0.1, 0.15) is 11.5 Å². The summed E-state index contributed by atoms with van der Waals surface area (Å²) in [6, 6.07) is 11.1. The molecule has 2 aromatic rings. The fraction of sp³-hybridized carbons (Fsp3) is 0.133. The number of carbonyl (C=O) groups is 1. The predicted molar refractivity (Wildman–Crippen MR) is 70.9 cm³/mol. The zero-order chi connectivity index (χ0) is 13.1. The number of carbonyl (C=O) groups excluding carboxylic acids is 1. The number of fused-ring (bicyclic) bond motifs is 1. The number of hydrogen-bond acceptors (Lipinski definition) is 3. The molecule has 0 bridgehead atoms. The maximum Gasteiger partial charge on any atom is 0.338 e. The van der Waals surface area contributed by atoms with Crippen LogP contribution in [0.2, 0.25) is 0 Å². The predicted octanol–water partition coefficient (Wildman–Crippen LogP) is 3.33. The normalized spacial score (nSPS) is 10.1. The maximum absolute atomic E-state index is 11.6. The summed E-state index contributed by atoms with van der Waals surface area (Å²) in [5.41, 5.74) is 0.370. The summed E-state index contributed by atoms with van der Waals surface area (Å²) in [5, 5.41) is 1.75. The van der Waals surface area contributed by atoms with Crippen molar-refractivity contribution in [1.29, 1.82) is 0 Å². The minimum absolute atomic E-state index is 0.370. The van der Waals surface area contributed by atoms with Crippen molar-refractivity contribution in [2.45, 2.75) is 6.92 Å². The summed E-state index contributed by atoms with van der Waals surface area (Å²) >= 11 is 0. The van der Waals surface area contributed by atoms with Crippen LogP contribution in [0.3, 0.4) is 0 Å². The highest BCUT2D eigenvalue weighted by molar-refractivity contribution is 5.96. The molecule has 0 aromatic heterocycles. The Morgan fingerprint density at radius 1 is 1.06 bits per heavy atom. The van der Waals surface area contributed by atoms with Gasteiger partial charge in [-0.05, 0) is 19.1 Å². The van der Waals surface area contributed by atoms with Crippen LogP contribution in [0.1, 0.15) is 6.92 Å². The lowest BCUT2D eigenvalue weighted by Gasteiger charge is -2.09. The summed E-state index contributed by atoms with van der Waals surface area (Å²) in [6.45, 7) is 5.18. The Hall–Kier alpha value is -2.29. The third-order valence-electron chi connectivity index (χ3n) is 2.61. The quantitative estimate of drug-likeness (QED) is 0.470. The summed E-state index contributed by atoms with van der Waals surface area (Å²) in [4.78, 5) is 11.6. The molecular formula is C15H14O3. The number of methoxy groups -OCH3 is 1. The van der Waals surface area contributed by atoms with Crippen molar-refractivity contribution in [3.05, 3.63) is 48.6 Å². The molecule has 0 N–H and O–H groups in total. The van der Waals surface area contributed by atoms with Gasteiger partial charge in [0.05, 0.1) is 7.11 Å².